The predicted molar refractivity (Wildman–Crippen MR) is 150 cm³/mol. The number of anilines is 3. The molecule has 0 saturated carbocycles. The van der Waals surface area contributed by atoms with Crippen molar-refractivity contribution in [3.05, 3.63) is 48.0 Å². The van der Waals surface area contributed by atoms with Crippen LogP contribution in [0.4, 0.5) is 21.7 Å². The highest BCUT2D eigenvalue weighted by Gasteiger charge is 2.25. The molecule has 1 amide bonds. The van der Waals surface area contributed by atoms with E-state index in [-0.39, 0.29) is 17.5 Å². The van der Waals surface area contributed by atoms with Crippen LogP contribution in [0.1, 0.15) is 37.0 Å². The van der Waals surface area contributed by atoms with Crippen LogP contribution < -0.4 is 20.9 Å². The van der Waals surface area contributed by atoms with Gasteiger partial charge in [-0.1, -0.05) is 0 Å². The van der Waals surface area contributed by atoms with Crippen LogP contribution in [-0.2, 0) is 11.8 Å². The van der Waals surface area contributed by atoms with Crippen LogP contribution in [-0.4, -0.2) is 70.1 Å². The number of hydrogen-bond acceptors (Lipinski definition) is 8. The Hall–Kier alpha value is -3.83. The van der Waals surface area contributed by atoms with Gasteiger partial charge >= 0.3 is 0 Å². The number of ether oxygens (including phenoxy) is 1. The predicted octanol–water partition coefficient (Wildman–Crippen LogP) is 3.69. The number of nitrogens with zero attached hydrogens (tertiary/aromatic N) is 5. The molecule has 204 valence electrons. The zero-order valence-corrected chi connectivity index (χ0v) is 22.4. The first-order chi connectivity index (χ1) is 18.8. The zero-order chi connectivity index (χ0) is 27.1. The van der Waals surface area contributed by atoms with E-state index in [0.717, 1.165) is 37.0 Å². The summed E-state index contributed by atoms with van der Waals surface area (Å²) >= 11 is 0. The minimum atomic E-state index is -0.490. The fourth-order valence-electron chi connectivity index (χ4n) is 5.66. The third-order valence-electron chi connectivity index (χ3n) is 7.36. The van der Waals surface area contributed by atoms with Gasteiger partial charge in [-0.2, -0.15) is 5.10 Å². The fourth-order valence-corrected chi connectivity index (χ4v) is 5.66. The van der Waals surface area contributed by atoms with Gasteiger partial charge in [0.1, 0.15) is 5.52 Å². The number of aromatic nitrogens is 4. The van der Waals surface area contributed by atoms with Crippen LogP contribution in [0.15, 0.2) is 36.7 Å². The average molecular weight is 533 g/mol. The molecule has 2 fully saturated rings. The maximum absolute atomic E-state index is 14.7. The van der Waals surface area contributed by atoms with Gasteiger partial charge in [0.05, 0.1) is 11.1 Å². The number of rotatable bonds is 5. The molecule has 39 heavy (non-hydrogen) atoms. The van der Waals surface area contributed by atoms with Gasteiger partial charge in [0, 0.05) is 86.0 Å². The first-order valence-corrected chi connectivity index (χ1v) is 13.4. The van der Waals surface area contributed by atoms with Crippen LogP contribution in [0.5, 0.6) is 0 Å². The van der Waals surface area contributed by atoms with E-state index in [9.17, 15) is 9.18 Å². The Morgan fingerprint density at radius 3 is 2.67 bits per heavy atom. The number of benzene rings is 2. The van der Waals surface area contributed by atoms with Crippen LogP contribution >= 0.6 is 0 Å². The summed E-state index contributed by atoms with van der Waals surface area (Å²) in [5, 5.41) is 15.4. The largest absolute Gasteiger partial charge is 0.381 e. The minimum absolute atomic E-state index is 0.209. The first-order valence-electron chi connectivity index (χ1n) is 13.4. The molecule has 11 heteroatoms. The van der Waals surface area contributed by atoms with E-state index in [1.54, 1.807) is 36.3 Å². The van der Waals surface area contributed by atoms with Gasteiger partial charge in [-0.05, 0) is 51.0 Å². The number of piperazine rings is 1. The lowest BCUT2D eigenvalue weighted by atomic mass is 10.0. The molecule has 2 atom stereocenters. The molecule has 0 bridgehead atoms. The van der Waals surface area contributed by atoms with E-state index in [0.29, 0.717) is 53.4 Å². The van der Waals surface area contributed by atoms with Crippen molar-refractivity contribution < 1.29 is 13.9 Å². The normalized spacial score (nSPS) is 20.5. The number of hydrogen-bond donors (Lipinski definition) is 3. The van der Waals surface area contributed by atoms with Crippen molar-refractivity contribution in [3.63, 3.8) is 0 Å². The zero-order valence-electron chi connectivity index (χ0n) is 22.4. The van der Waals surface area contributed by atoms with Crippen molar-refractivity contribution >= 4 is 45.0 Å². The molecule has 0 radical (unpaired) electrons. The van der Waals surface area contributed by atoms with Gasteiger partial charge in [-0.3, -0.25) is 9.48 Å². The molecule has 0 aliphatic carbocycles. The van der Waals surface area contributed by atoms with Gasteiger partial charge in [0.2, 0.25) is 5.95 Å². The Morgan fingerprint density at radius 2 is 1.90 bits per heavy atom. The van der Waals surface area contributed by atoms with Gasteiger partial charge in [0.25, 0.3) is 5.91 Å². The molecule has 4 aromatic rings. The maximum atomic E-state index is 14.7. The smallest absolute Gasteiger partial charge is 0.257 e. The lowest BCUT2D eigenvalue weighted by Crippen LogP contribution is -2.54. The quantitative estimate of drug-likeness (QED) is 0.357. The van der Waals surface area contributed by atoms with Crippen molar-refractivity contribution in [3.8, 4) is 0 Å². The first kappa shape index (κ1) is 25.4. The molecule has 2 aromatic heterocycles. The monoisotopic (exact) mass is 532 g/mol. The lowest BCUT2D eigenvalue weighted by Gasteiger charge is -2.38. The highest BCUT2D eigenvalue weighted by atomic mass is 19.1. The van der Waals surface area contributed by atoms with E-state index in [1.807, 2.05) is 6.07 Å². The summed E-state index contributed by atoms with van der Waals surface area (Å²) in [7, 11) is 1.73. The number of nitrogens with one attached hydrogen (secondary N) is 3. The van der Waals surface area contributed by atoms with Crippen LogP contribution in [0, 0.1) is 5.82 Å². The molecule has 6 rings (SSSR count). The molecule has 2 aliphatic rings. The topological polar surface area (TPSA) is 109 Å². The van der Waals surface area contributed by atoms with Gasteiger partial charge in [-0.15, -0.1) is 0 Å². The Bertz CT molecular complexity index is 1520. The standard InChI is InChI=1S/C28H33FN8O2/c1-16-13-37(14-17(2)31-16)24-5-4-21(26-22(24)12-30-28(34-26)33-19-6-8-39-9-7-19)27(38)32-20-10-18-15-36(3)35-25(18)23(29)11-20/h4-5,10-12,15-17,19,31H,6-9,13-14H2,1-3H3,(H,32,38)(H,30,33,34)/t16-,17-/m0/s1. The number of aryl methyl sites for hydroxylation is 1. The van der Waals surface area contributed by atoms with Crippen LogP contribution in [0.2, 0.25) is 0 Å². The average Bonchev–Trinajstić information content (AvgIpc) is 3.28. The van der Waals surface area contributed by atoms with E-state index in [1.165, 1.54) is 6.07 Å². The summed E-state index contributed by atoms with van der Waals surface area (Å²) in [4.78, 5) is 25.4. The molecule has 2 aromatic carbocycles. The third kappa shape index (κ3) is 5.24. The highest BCUT2D eigenvalue weighted by molar-refractivity contribution is 6.14. The van der Waals surface area contributed by atoms with E-state index >= 15 is 0 Å². The minimum Gasteiger partial charge on any atom is -0.381 e. The van der Waals surface area contributed by atoms with Gasteiger partial charge in [0.15, 0.2) is 5.82 Å². The molecule has 3 N–H and O–H groups in total. The molecular formula is C28H33FN8O2. The van der Waals surface area contributed by atoms with Crippen LogP contribution in [0.25, 0.3) is 21.8 Å². The van der Waals surface area contributed by atoms with E-state index < -0.39 is 5.82 Å². The Labute approximate surface area is 225 Å². The Kier molecular flexibility index (Phi) is 6.78. The number of carbonyl (C=O) groups is 1. The number of carbonyl (C=O) groups excluding carboxylic acids is 1. The number of halogens is 1. The second-order valence-electron chi connectivity index (χ2n) is 10.6. The molecule has 0 spiro atoms. The fraction of sp³-hybridized carbons (Fsp3) is 0.429. The summed E-state index contributed by atoms with van der Waals surface area (Å²) in [6.45, 7) is 7.38. The molecule has 4 heterocycles. The second-order valence-corrected chi connectivity index (χ2v) is 10.6. The van der Waals surface area contributed by atoms with E-state index in [4.69, 9.17) is 9.72 Å². The molecule has 10 nitrogen and oxygen atoms in total. The highest BCUT2D eigenvalue weighted by Crippen LogP contribution is 2.31. The summed E-state index contributed by atoms with van der Waals surface area (Å²) < 4.78 is 21.7. The van der Waals surface area contributed by atoms with Crippen molar-refractivity contribution in [2.24, 2.45) is 7.05 Å². The Balaban J connectivity index is 1.38. The van der Waals surface area contributed by atoms with Crippen molar-refractivity contribution in [2.75, 3.05) is 41.8 Å². The molecule has 2 saturated heterocycles. The summed E-state index contributed by atoms with van der Waals surface area (Å²) in [6, 6.07) is 7.62. The summed E-state index contributed by atoms with van der Waals surface area (Å²) in [5.74, 6) is -0.381. The van der Waals surface area contributed by atoms with Gasteiger partial charge in [-0.25, -0.2) is 14.4 Å². The second kappa shape index (κ2) is 10.4. The number of fused-ring (bicyclic) bond motifs is 2. The molecular weight excluding hydrogens is 499 g/mol. The van der Waals surface area contributed by atoms with Crippen molar-refractivity contribution in [2.45, 2.75) is 44.8 Å². The SMILES string of the molecule is C[C@H]1CN(c2ccc(C(=O)Nc3cc(F)c4nn(C)cc4c3)c3nc(NC4CCOCC4)ncc23)C[C@H](C)N1. The summed E-state index contributed by atoms with van der Waals surface area (Å²) in [6.07, 6.45) is 5.26. The third-order valence-corrected chi connectivity index (χ3v) is 7.36. The van der Waals surface area contributed by atoms with E-state index in [2.05, 4.69) is 44.8 Å². The van der Waals surface area contributed by atoms with Crippen molar-refractivity contribution in [1.82, 2.24) is 25.1 Å². The molecule has 2 aliphatic heterocycles. The van der Waals surface area contributed by atoms with Crippen LogP contribution in [0.3, 0.4) is 0 Å². The molecule has 0 unspecified atom stereocenters. The maximum Gasteiger partial charge on any atom is 0.257 e. The van der Waals surface area contributed by atoms with Gasteiger partial charge < -0.3 is 25.6 Å². The Morgan fingerprint density at radius 1 is 1.13 bits per heavy atom. The number of amides is 1. The van der Waals surface area contributed by atoms with Crippen molar-refractivity contribution in [1.29, 1.82) is 0 Å². The summed E-state index contributed by atoms with van der Waals surface area (Å²) in [5.41, 5.74) is 2.56. The lowest BCUT2D eigenvalue weighted by molar-refractivity contribution is 0.0903.